The first-order valence-corrected chi connectivity index (χ1v) is 10.6. The normalized spacial score (nSPS) is 23.1. The van der Waals surface area contributed by atoms with Crippen molar-refractivity contribution in [1.29, 1.82) is 0 Å². The van der Waals surface area contributed by atoms with E-state index in [9.17, 15) is 8.42 Å². The van der Waals surface area contributed by atoms with E-state index < -0.39 is 10.0 Å². The molecule has 2 heterocycles. The molecule has 2 fully saturated rings. The van der Waals surface area contributed by atoms with E-state index in [1.807, 2.05) is 41.2 Å². The van der Waals surface area contributed by atoms with E-state index in [0.717, 1.165) is 49.8 Å². The van der Waals surface area contributed by atoms with Crippen molar-refractivity contribution < 1.29 is 8.42 Å². The molecule has 2 aromatic rings. The fourth-order valence-corrected chi connectivity index (χ4v) is 6.02. The molecule has 1 aliphatic carbocycles. The molecule has 4 rings (SSSR count). The van der Waals surface area contributed by atoms with Crippen LogP contribution in [0.2, 0.25) is 0 Å². The van der Waals surface area contributed by atoms with Gasteiger partial charge in [-0.2, -0.15) is 4.31 Å². The Morgan fingerprint density at radius 1 is 1.00 bits per heavy atom. The summed E-state index contributed by atoms with van der Waals surface area (Å²) in [6.07, 6.45) is 7.57. The summed E-state index contributed by atoms with van der Waals surface area (Å²) >= 11 is 0. The maximum Gasteiger partial charge on any atom is 0.217 e. The Balaban J connectivity index is 1.47. The Kier molecular flexibility index (Phi) is 4.60. The maximum absolute atomic E-state index is 12.9. The van der Waals surface area contributed by atoms with Gasteiger partial charge >= 0.3 is 0 Å². The SMILES string of the molecule is O=S(=O)(C1CCCCC1)N1CCC(n2cc(-c3ccccc3)nn2)C1. The van der Waals surface area contributed by atoms with Gasteiger partial charge in [-0.1, -0.05) is 54.8 Å². The second-order valence-corrected chi connectivity index (χ2v) is 9.27. The molecule has 134 valence electrons. The standard InChI is InChI=1S/C18H24N4O2S/c23-25(24,17-9-5-2-6-10-17)21-12-11-16(13-21)22-14-18(19-20-22)15-7-3-1-4-8-15/h1,3-4,7-8,14,16-17H,2,5-6,9-13H2. The van der Waals surface area contributed by atoms with Gasteiger partial charge in [0.05, 0.1) is 17.5 Å². The fourth-order valence-electron chi connectivity index (χ4n) is 3.93. The first kappa shape index (κ1) is 16.7. The van der Waals surface area contributed by atoms with Gasteiger partial charge in [0, 0.05) is 18.7 Å². The fraction of sp³-hybridized carbons (Fsp3) is 0.556. The molecule has 1 saturated heterocycles. The van der Waals surface area contributed by atoms with Gasteiger partial charge in [-0.05, 0) is 19.3 Å². The Labute approximate surface area is 148 Å². The van der Waals surface area contributed by atoms with Crippen molar-refractivity contribution in [2.75, 3.05) is 13.1 Å². The molecule has 0 bridgehead atoms. The smallest absolute Gasteiger partial charge is 0.217 e. The van der Waals surface area contributed by atoms with E-state index in [-0.39, 0.29) is 11.3 Å². The third kappa shape index (κ3) is 3.35. The van der Waals surface area contributed by atoms with Crippen LogP contribution in [0.1, 0.15) is 44.6 Å². The molecule has 7 heteroatoms. The summed E-state index contributed by atoms with van der Waals surface area (Å²) in [4.78, 5) is 0. The highest BCUT2D eigenvalue weighted by atomic mass is 32.2. The van der Waals surface area contributed by atoms with Gasteiger partial charge in [-0.15, -0.1) is 5.10 Å². The largest absolute Gasteiger partial charge is 0.247 e. The van der Waals surface area contributed by atoms with E-state index in [1.54, 1.807) is 4.31 Å². The van der Waals surface area contributed by atoms with Crippen molar-refractivity contribution in [3.63, 3.8) is 0 Å². The molecule has 1 aromatic carbocycles. The number of rotatable bonds is 4. The molecular weight excluding hydrogens is 336 g/mol. The summed E-state index contributed by atoms with van der Waals surface area (Å²) in [6, 6.07) is 10.00. The lowest BCUT2D eigenvalue weighted by atomic mass is 10.0. The van der Waals surface area contributed by atoms with Crippen molar-refractivity contribution >= 4 is 10.0 Å². The second kappa shape index (κ2) is 6.88. The lowest BCUT2D eigenvalue weighted by Crippen LogP contribution is -2.38. The predicted molar refractivity (Wildman–Crippen MR) is 96.5 cm³/mol. The molecule has 1 unspecified atom stereocenters. The molecule has 0 radical (unpaired) electrons. The Morgan fingerprint density at radius 3 is 2.52 bits per heavy atom. The molecule has 0 spiro atoms. The number of hydrogen-bond acceptors (Lipinski definition) is 4. The summed E-state index contributed by atoms with van der Waals surface area (Å²) < 4.78 is 29.3. The molecule has 6 nitrogen and oxygen atoms in total. The highest BCUT2D eigenvalue weighted by Gasteiger charge is 2.38. The van der Waals surface area contributed by atoms with Crippen LogP contribution >= 0.6 is 0 Å². The van der Waals surface area contributed by atoms with Gasteiger partial charge in [-0.3, -0.25) is 0 Å². The molecule has 0 N–H and O–H groups in total. The number of hydrogen-bond donors (Lipinski definition) is 0. The predicted octanol–water partition coefficient (Wildman–Crippen LogP) is 2.85. The number of nitrogens with zero attached hydrogens (tertiary/aromatic N) is 4. The van der Waals surface area contributed by atoms with E-state index >= 15 is 0 Å². The second-order valence-electron chi connectivity index (χ2n) is 7.06. The highest BCUT2D eigenvalue weighted by Crippen LogP contribution is 2.31. The molecule has 1 atom stereocenters. The zero-order valence-electron chi connectivity index (χ0n) is 14.3. The van der Waals surface area contributed by atoms with Gasteiger partial charge < -0.3 is 0 Å². The molecule has 0 amide bonds. The van der Waals surface area contributed by atoms with Crippen molar-refractivity contribution in [2.24, 2.45) is 0 Å². The average Bonchev–Trinajstić information content (AvgIpc) is 3.33. The van der Waals surface area contributed by atoms with Crippen LogP contribution in [0.4, 0.5) is 0 Å². The zero-order chi connectivity index (χ0) is 17.3. The van der Waals surface area contributed by atoms with E-state index in [1.165, 1.54) is 0 Å². The molecule has 1 aliphatic heterocycles. The molecule has 2 aliphatic rings. The number of benzene rings is 1. The van der Waals surface area contributed by atoms with Crippen LogP contribution in [0.3, 0.4) is 0 Å². The van der Waals surface area contributed by atoms with Gasteiger partial charge in [0.1, 0.15) is 5.69 Å². The summed E-state index contributed by atoms with van der Waals surface area (Å²) in [6.45, 7) is 1.10. The van der Waals surface area contributed by atoms with E-state index in [4.69, 9.17) is 0 Å². The summed E-state index contributed by atoms with van der Waals surface area (Å²) in [7, 11) is -3.18. The van der Waals surface area contributed by atoms with Crippen molar-refractivity contribution in [2.45, 2.75) is 49.8 Å². The molecule has 1 saturated carbocycles. The quantitative estimate of drug-likeness (QED) is 0.841. The van der Waals surface area contributed by atoms with Gasteiger partial charge in [0.15, 0.2) is 0 Å². The van der Waals surface area contributed by atoms with Crippen LogP contribution in [0.5, 0.6) is 0 Å². The van der Waals surface area contributed by atoms with E-state index in [0.29, 0.717) is 13.1 Å². The van der Waals surface area contributed by atoms with Gasteiger partial charge in [0.2, 0.25) is 10.0 Å². The van der Waals surface area contributed by atoms with Crippen LogP contribution < -0.4 is 0 Å². The molecule has 25 heavy (non-hydrogen) atoms. The van der Waals surface area contributed by atoms with E-state index in [2.05, 4.69) is 10.3 Å². The maximum atomic E-state index is 12.9. The number of sulfonamides is 1. The lowest BCUT2D eigenvalue weighted by molar-refractivity contribution is 0.407. The minimum atomic E-state index is -3.18. The van der Waals surface area contributed by atoms with Crippen LogP contribution in [0.25, 0.3) is 11.3 Å². The summed E-state index contributed by atoms with van der Waals surface area (Å²) in [5.41, 5.74) is 1.85. The Morgan fingerprint density at radius 2 is 1.76 bits per heavy atom. The Bertz CT molecular complexity index is 813. The highest BCUT2D eigenvalue weighted by molar-refractivity contribution is 7.89. The monoisotopic (exact) mass is 360 g/mol. The first-order chi connectivity index (χ1) is 12.1. The topological polar surface area (TPSA) is 68.1 Å². The van der Waals surface area contributed by atoms with Gasteiger partial charge in [-0.25, -0.2) is 13.1 Å². The third-order valence-electron chi connectivity index (χ3n) is 5.41. The third-order valence-corrected chi connectivity index (χ3v) is 7.78. The molecule has 1 aromatic heterocycles. The minimum absolute atomic E-state index is 0.0725. The van der Waals surface area contributed by atoms with Crippen LogP contribution in [-0.2, 0) is 10.0 Å². The zero-order valence-corrected chi connectivity index (χ0v) is 15.1. The number of aromatic nitrogens is 3. The van der Waals surface area contributed by atoms with Crippen LogP contribution in [0.15, 0.2) is 36.5 Å². The first-order valence-electron chi connectivity index (χ1n) is 9.11. The van der Waals surface area contributed by atoms with Gasteiger partial charge in [0.25, 0.3) is 0 Å². The lowest BCUT2D eigenvalue weighted by Gasteiger charge is -2.26. The summed E-state index contributed by atoms with van der Waals surface area (Å²) in [5.74, 6) is 0. The van der Waals surface area contributed by atoms with Crippen molar-refractivity contribution in [3.05, 3.63) is 36.5 Å². The van der Waals surface area contributed by atoms with Crippen LogP contribution in [0, 0.1) is 0 Å². The van der Waals surface area contributed by atoms with Crippen LogP contribution in [-0.4, -0.2) is 46.1 Å². The molecular formula is C18H24N4O2S. The van der Waals surface area contributed by atoms with Crippen molar-refractivity contribution in [3.8, 4) is 11.3 Å². The average molecular weight is 360 g/mol. The summed E-state index contributed by atoms with van der Waals surface area (Å²) in [5, 5.41) is 8.32. The van der Waals surface area contributed by atoms with Crippen molar-refractivity contribution in [1.82, 2.24) is 19.3 Å². The Hall–Kier alpha value is -1.73. The minimum Gasteiger partial charge on any atom is -0.247 e.